The number of aliphatic hydroxyl groups excluding tert-OH is 1. The zero-order chi connectivity index (χ0) is 17.4. The van der Waals surface area contributed by atoms with Crippen molar-refractivity contribution in [3.63, 3.8) is 0 Å². The van der Waals surface area contributed by atoms with Gasteiger partial charge in [0.25, 0.3) is 0 Å². The topological polar surface area (TPSA) is 58.6 Å². The van der Waals surface area contributed by atoms with Crippen LogP contribution in [0.15, 0.2) is 53.0 Å². The average Bonchev–Trinajstić information content (AvgIpc) is 2.56. The molecule has 128 valence electrons. The summed E-state index contributed by atoms with van der Waals surface area (Å²) in [6, 6.07) is 13.9. The van der Waals surface area contributed by atoms with E-state index < -0.39 is 6.09 Å². The van der Waals surface area contributed by atoms with Crippen LogP contribution in [0.4, 0.5) is 9.18 Å². The third kappa shape index (κ3) is 6.29. The van der Waals surface area contributed by atoms with Gasteiger partial charge in [-0.2, -0.15) is 0 Å². The number of halogens is 2. The number of ether oxygens (including phenoxy) is 1. The molecule has 6 heteroatoms. The van der Waals surface area contributed by atoms with Crippen LogP contribution in [0.5, 0.6) is 0 Å². The smallest absolute Gasteiger partial charge is 0.407 e. The number of amides is 1. The minimum Gasteiger partial charge on any atom is -0.445 e. The first kappa shape index (κ1) is 18.4. The van der Waals surface area contributed by atoms with Gasteiger partial charge in [0.2, 0.25) is 0 Å². The molecule has 0 aliphatic heterocycles. The van der Waals surface area contributed by atoms with Crippen molar-refractivity contribution in [2.45, 2.75) is 13.0 Å². The fourth-order valence-electron chi connectivity index (χ4n) is 2.27. The van der Waals surface area contributed by atoms with Crippen molar-refractivity contribution in [1.82, 2.24) is 5.32 Å². The summed E-state index contributed by atoms with van der Waals surface area (Å²) in [6.07, 6.45) is -0.0935. The minimum atomic E-state index is -0.544. The number of aliphatic hydroxyl groups is 1. The predicted octanol–water partition coefficient (Wildman–Crippen LogP) is 3.67. The Morgan fingerprint density at radius 1 is 1.21 bits per heavy atom. The fourth-order valence-corrected chi connectivity index (χ4v) is 2.78. The molecule has 2 N–H and O–H groups in total. The van der Waals surface area contributed by atoms with E-state index in [2.05, 4.69) is 21.2 Å². The molecule has 0 saturated heterocycles. The molecule has 0 saturated carbocycles. The lowest BCUT2D eigenvalue weighted by molar-refractivity contribution is 0.135. The van der Waals surface area contributed by atoms with Gasteiger partial charge in [-0.1, -0.05) is 46.3 Å². The van der Waals surface area contributed by atoms with Crippen molar-refractivity contribution in [1.29, 1.82) is 0 Å². The first-order valence-corrected chi connectivity index (χ1v) is 8.36. The Bertz CT molecular complexity index is 646. The molecule has 0 spiro atoms. The second kappa shape index (κ2) is 9.39. The molecule has 0 aliphatic carbocycles. The van der Waals surface area contributed by atoms with Crippen LogP contribution in [0.2, 0.25) is 0 Å². The van der Waals surface area contributed by atoms with Crippen LogP contribution in [0, 0.1) is 11.7 Å². The van der Waals surface area contributed by atoms with E-state index in [0.29, 0.717) is 10.9 Å². The Kier molecular flexibility index (Phi) is 7.21. The molecular formula is C18H19BrFNO3. The van der Waals surface area contributed by atoms with Crippen molar-refractivity contribution in [2.75, 3.05) is 13.2 Å². The molecule has 0 bridgehead atoms. The number of carbonyl (C=O) groups excluding carboxylic acids is 1. The van der Waals surface area contributed by atoms with E-state index in [1.807, 2.05) is 30.3 Å². The van der Waals surface area contributed by atoms with E-state index in [-0.39, 0.29) is 31.5 Å². The number of hydrogen-bond donors (Lipinski definition) is 2. The Hall–Kier alpha value is -1.92. The quantitative estimate of drug-likeness (QED) is 0.751. The van der Waals surface area contributed by atoms with Gasteiger partial charge in [0, 0.05) is 23.5 Å². The summed E-state index contributed by atoms with van der Waals surface area (Å²) >= 11 is 3.24. The van der Waals surface area contributed by atoms with Crippen molar-refractivity contribution in [2.24, 2.45) is 5.92 Å². The molecule has 0 fully saturated rings. The van der Waals surface area contributed by atoms with Crippen molar-refractivity contribution in [3.05, 3.63) is 69.9 Å². The zero-order valence-corrected chi connectivity index (χ0v) is 14.6. The summed E-state index contributed by atoms with van der Waals surface area (Å²) < 4.78 is 19.1. The summed E-state index contributed by atoms with van der Waals surface area (Å²) in [4.78, 5) is 11.7. The molecule has 24 heavy (non-hydrogen) atoms. The molecule has 2 aromatic carbocycles. The monoisotopic (exact) mass is 395 g/mol. The van der Waals surface area contributed by atoms with Gasteiger partial charge in [-0.3, -0.25) is 0 Å². The third-order valence-corrected chi connectivity index (χ3v) is 3.91. The van der Waals surface area contributed by atoms with Gasteiger partial charge in [0.15, 0.2) is 0 Å². The van der Waals surface area contributed by atoms with Crippen molar-refractivity contribution >= 4 is 22.0 Å². The first-order valence-electron chi connectivity index (χ1n) is 7.57. The molecule has 2 rings (SSSR count). The minimum absolute atomic E-state index is 0.118. The predicted molar refractivity (Wildman–Crippen MR) is 93.0 cm³/mol. The Labute approximate surface area is 148 Å². The SMILES string of the molecule is O=C(NCC(CO)Cc1cc(F)cc(Br)c1)OCc1ccccc1. The lowest BCUT2D eigenvalue weighted by Crippen LogP contribution is -2.32. The molecule has 0 aromatic heterocycles. The Morgan fingerprint density at radius 2 is 1.96 bits per heavy atom. The van der Waals surface area contributed by atoms with Crippen LogP contribution in [0.1, 0.15) is 11.1 Å². The summed E-state index contributed by atoms with van der Waals surface area (Å²) in [5.41, 5.74) is 1.65. The van der Waals surface area contributed by atoms with Gasteiger partial charge >= 0.3 is 6.09 Å². The Morgan fingerprint density at radius 3 is 2.62 bits per heavy atom. The number of hydrogen-bond acceptors (Lipinski definition) is 3. The summed E-state index contributed by atoms with van der Waals surface area (Å²) in [6.45, 7) is 0.318. The molecule has 0 radical (unpaired) electrons. The Balaban J connectivity index is 1.79. The maximum absolute atomic E-state index is 13.4. The molecule has 0 heterocycles. The number of rotatable bonds is 7. The van der Waals surface area contributed by atoms with Crippen LogP contribution in [-0.4, -0.2) is 24.4 Å². The molecule has 1 unspecified atom stereocenters. The van der Waals surface area contributed by atoms with Crippen LogP contribution < -0.4 is 5.32 Å². The largest absolute Gasteiger partial charge is 0.445 e. The van der Waals surface area contributed by atoms with Gasteiger partial charge in [0.1, 0.15) is 12.4 Å². The molecule has 1 amide bonds. The third-order valence-electron chi connectivity index (χ3n) is 3.45. The summed E-state index contributed by atoms with van der Waals surface area (Å²) in [5.74, 6) is -0.561. The van der Waals surface area contributed by atoms with E-state index in [1.54, 1.807) is 6.07 Å². The van der Waals surface area contributed by atoms with Gasteiger partial charge in [-0.15, -0.1) is 0 Å². The van der Waals surface area contributed by atoms with E-state index >= 15 is 0 Å². The zero-order valence-electron chi connectivity index (χ0n) is 13.0. The van der Waals surface area contributed by atoms with E-state index in [4.69, 9.17) is 4.74 Å². The second-order valence-corrected chi connectivity index (χ2v) is 6.39. The van der Waals surface area contributed by atoms with Crippen molar-refractivity contribution < 1.29 is 19.0 Å². The number of benzene rings is 2. The fraction of sp³-hybridized carbons (Fsp3) is 0.278. The number of carbonyl (C=O) groups is 1. The highest BCUT2D eigenvalue weighted by Gasteiger charge is 2.12. The average molecular weight is 396 g/mol. The van der Waals surface area contributed by atoms with Crippen LogP contribution >= 0.6 is 15.9 Å². The summed E-state index contributed by atoms with van der Waals surface area (Å²) in [5, 5.41) is 12.1. The maximum atomic E-state index is 13.4. The van der Waals surface area contributed by atoms with Crippen LogP contribution in [0.25, 0.3) is 0 Å². The second-order valence-electron chi connectivity index (χ2n) is 5.47. The highest BCUT2D eigenvalue weighted by atomic mass is 79.9. The maximum Gasteiger partial charge on any atom is 0.407 e. The lowest BCUT2D eigenvalue weighted by atomic mass is 10.00. The van der Waals surface area contributed by atoms with Gasteiger partial charge in [-0.25, -0.2) is 9.18 Å². The normalized spacial score (nSPS) is 11.8. The molecule has 4 nitrogen and oxygen atoms in total. The standard InChI is InChI=1S/C18H19BrFNO3/c19-16-7-14(8-17(20)9-16)6-15(11-22)10-21-18(23)24-12-13-4-2-1-3-5-13/h1-5,7-9,15,22H,6,10-12H2,(H,21,23). The van der Waals surface area contributed by atoms with Gasteiger partial charge in [0.05, 0.1) is 0 Å². The summed E-state index contributed by atoms with van der Waals surface area (Å²) in [7, 11) is 0. The van der Waals surface area contributed by atoms with Crippen molar-refractivity contribution in [3.8, 4) is 0 Å². The first-order chi connectivity index (χ1) is 11.6. The van der Waals surface area contributed by atoms with Crippen LogP contribution in [0.3, 0.4) is 0 Å². The molecule has 0 aliphatic rings. The van der Waals surface area contributed by atoms with E-state index in [9.17, 15) is 14.3 Å². The number of alkyl carbamates (subject to hydrolysis) is 1. The lowest BCUT2D eigenvalue weighted by Gasteiger charge is -2.15. The highest BCUT2D eigenvalue weighted by Crippen LogP contribution is 2.17. The van der Waals surface area contributed by atoms with E-state index in [1.165, 1.54) is 12.1 Å². The molecule has 2 aromatic rings. The van der Waals surface area contributed by atoms with Gasteiger partial charge < -0.3 is 15.2 Å². The number of nitrogens with one attached hydrogen (secondary N) is 1. The molecular weight excluding hydrogens is 377 g/mol. The van der Waals surface area contributed by atoms with E-state index in [0.717, 1.165) is 11.1 Å². The molecule has 1 atom stereocenters. The van der Waals surface area contributed by atoms with Crippen LogP contribution in [-0.2, 0) is 17.8 Å². The highest BCUT2D eigenvalue weighted by molar-refractivity contribution is 9.10. The van der Waals surface area contributed by atoms with Gasteiger partial charge in [-0.05, 0) is 35.7 Å².